The van der Waals surface area contributed by atoms with Crippen molar-refractivity contribution in [1.29, 1.82) is 5.26 Å². The van der Waals surface area contributed by atoms with E-state index >= 15 is 0 Å². The molecule has 1 aromatic carbocycles. The number of rotatable bonds is 1. The average molecular weight is 261 g/mol. The lowest BCUT2D eigenvalue weighted by Gasteiger charge is -1.97. The minimum Gasteiger partial charge on any atom is -0.258 e. The number of benzene rings is 1. The Morgan fingerprint density at radius 3 is 2.69 bits per heavy atom. The summed E-state index contributed by atoms with van der Waals surface area (Å²) >= 11 is 8.61. The van der Waals surface area contributed by atoms with Crippen molar-refractivity contribution in [3.05, 3.63) is 37.3 Å². The molecule has 0 bridgehead atoms. The molecule has 0 amide bonds. The van der Waals surface area contributed by atoms with Gasteiger partial charge in [0.1, 0.15) is 6.07 Å². The van der Waals surface area contributed by atoms with E-state index in [9.17, 15) is 10.1 Å². The second-order valence-corrected chi connectivity index (χ2v) is 3.41. The maximum Gasteiger partial charge on any atom is 0.284 e. The molecule has 0 saturated heterocycles. The first-order chi connectivity index (χ1) is 6.06. The van der Waals surface area contributed by atoms with Gasteiger partial charge in [0.25, 0.3) is 5.69 Å². The summed E-state index contributed by atoms with van der Waals surface area (Å²) in [6.45, 7) is 0. The number of hydrogen-bond acceptors (Lipinski definition) is 3. The maximum absolute atomic E-state index is 10.4. The van der Waals surface area contributed by atoms with Gasteiger partial charge in [-0.25, -0.2) is 0 Å². The molecule has 13 heavy (non-hydrogen) atoms. The van der Waals surface area contributed by atoms with E-state index in [1.165, 1.54) is 6.07 Å². The van der Waals surface area contributed by atoms with Crippen LogP contribution in [0.2, 0.25) is 5.02 Å². The molecule has 0 fully saturated rings. The second kappa shape index (κ2) is 3.73. The summed E-state index contributed by atoms with van der Waals surface area (Å²) < 4.78 is 0.265. The molecular weight excluding hydrogens is 259 g/mol. The smallest absolute Gasteiger partial charge is 0.258 e. The predicted molar refractivity (Wildman–Crippen MR) is 50.5 cm³/mol. The molecule has 0 aliphatic rings. The van der Waals surface area contributed by atoms with Crippen molar-refractivity contribution in [1.82, 2.24) is 0 Å². The SMILES string of the molecule is N#Cc1cc([N+](=O)[O-])c(Br)cc1Cl. The quantitative estimate of drug-likeness (QED) is 0.576. The van der Waals surface area contributed by atoms with E-state index in [0.717, 1.165) is 6.07 Å². The number of nitrogens with zero attached hydrogens (tertiary/aromatic N) is 2. The predicted octanol–water partition coefficient (Wildman–Crippen LogP) is 2.88. The van der Waals surface area contributed by atoms with Gasteiger partial charge < -0.3 is 0 Å². The number of nitro benzene ring substituents is 1. The Kier molecular flexibility index (Phi) is 2.86. The molecule has 1 rings (SSSR count). The fourth-order valence-corrected chi connectivity index (χ4v) is 1.59. The Labute approximate surface area is 87.0 Å². The lowest BCUT2D eigenvalue weighted by Crippen LogP contribution is -1.90. The largest absolute Gasteiger partial charge is 0.284 e. The first-order valence-electron chi connectivity index (χ1n) is 3.10. The van der Waals surface area contributed by atoms with Gasteiger partial charge in [-0.3, -0.25) is 10.1 Å². The van der Waals surface area contributed by atoms with Crippen LogP contribution in [0.1, 0.15) is 5.56 Å². The van der Waals surface area contributed by atoms with Gasteiger partial charge in [-0.15, -0.1) is 0 Å². The van der Waals surface area contributed by atoms with Crippen molar-refractivity contribution in [2.24, 2.45) is 0 Å². The molecule has 0 saturated carbocycles. The molecule has 6 heteroatoms. The molecule has 0 N–H and O–H groups in total. The lowest BCUT2D eigenvalue weighted by molar-refractivity contribution is -0.385. The zero-order valence-corrected chi connectivity index (χ0v) is 8.46. The second-order valence-electron chi connectivity index (χ2n) is 2.15. The van der Waals surface area contributed by atoms with Crippen molar-refractivity contribution in [2.75, 3.05) is 0 Å². The Morgan fingerprint density at radius 1 is 1.62 bits per heavy atom. The van der Waals surface area contributed by atoms with Crippen LogP contribution < -0.4 is 0 Å². The molecule has 0 heterocycles. The summed E-state index contributed by atoms with van der Waals surface area (Å²) in [4.78, 5) is 9.84. The van der Waals surface area contributed by atoms with Gasteiger partial charge in [0.05, 0.1) is 20.0 Å². The van der Waals surface area contributed by atoms with Gasteiger partial charge >= 0.3 is 0 Å². The van der Waals surface area contributed by atoms with Crippen LogP contribution in [0.3, 0.4) is 0 Å². The van der Waals surface area contributed by atoms with Crippen LogP contribution in [0, 0.1) is 21.4 Å². The minimum atomic E-state index is -0.582. The monoisotopic (exact) mass is 260 g/mol. The highest BCUT2D eigenvalue weighted by atomic mass is 79.9. The van der Waals surface area contributed by atoms with E-state index in [1.54, 1.807) is 6.07 Å². The molecule has 1 aromatic rings. The highest BCUT2D eigenvalue weighted by Gasteiger charge is 2.15. The Morgan fingerprint density at radius 2 is 2.23 bits per heavy atom. The van der Waals surface area contributed by atoms with Gasteiger partial charge in [0.2, 0.25) is 0 Å². The van der Waals surface area contributed by atoms with Crippen LogP contribution in [0.15, 0.2) is 16.6 Å². The number of hydrogen-bond donors (Lipinski definition) is 0. The molecule has 0 atom stereocenters. The van der Waals surface area contributed by atoms with Crippen LogP contribution in [-0.2, 0) is 0 Å². The minimum absolute atomic E-state index is 0.0940. The molecule has 0 aliphatic heterocycles. The van der Waals surface area contributed by atoms with Gasteiger partial charge in [-0.1, -0.05) is 11.6 Å². The van der Waals surface area contributed by atoms with Crippen molar-refractivity contribution in [3.8, 4) is 6.07 Å². The first-order valence-corrected chi connectivity index (χ1v) is 4.27. The Hall–Kier alpha value is -1.12. The summed E-state index contributed by atoms with van der Waals surface area (Å²) in [6.07, 6.45) is 0. The van der Waals surface area contributed by atoms with E-state index in [2.05, 4.69) is 15.9 Å². The van der Waals surface area contributed by atoms with Crippen molar-refractivity contribution in [3.63, 3.8) is 0 Å². The van der Waals surface area contributed by atoms with E-state index in [1.807, 2.05) is 0 Å². The Balaban J connectivity index is 3.41. The van der Waals surface area contributed by atoms with Crippen molar-refractivity contribution >= 4 is 33.2 Å². The topological polar surface area (TPSA) is 66.9 Å². The molecule has 0 radical (unpaired) electrons. The van der Waals surface area contributed by atoms with E-state index in [0.29, 0.717) is 0 Å². The zero-order valence-electron chi connectivity index (χ0n) is 6.12. The van der Waals surface area contributed by atoms with Crippen LogP contribution >= 0.6 is 27.5 Å². The molecule has 0 unspecified atom stereocenters. The maximum atomic E-state index is 10.4. The molecule has 0 spiro atoms. The van der Waals surface area contributed by atoms with Gasteiger partial charge in [0, 0.05) is 6.07 Å². The van der Waals surface area contributed by atoms with Gasteiger partial charge in [-0.2, -0.15) is 5.26 Å². The zero-order chi connectivity index (χ0) is 10.0. The molecule has 66 valence electrons. The fraction of sp³-hybridized carbons (Fsp3) is 0. The lowest BCUT2D eigenvalue weighted by atomic mass is 10.2. The molecule has 0 aromatic heterocycles. The third-order valence-corrected chi connectivity index (χ3v) is 2.30. The van der Waals surface area contributed by atoms with Gasteiger partial charge in [0.15, 0.2) is 0 Å². The number of nitriles is 1. The van der Waals surface area contributed by atoms with Crippen LogP contribution in [0.5, 0.6) is 0 Å². The van der Waals surface area contributed by atoms with E-state index in [4.69, 9.17) is 16.9 Å². The van der Waals surface area contributed by atoms with Crippen molar-refractivity contribution < 1.29 is 4.92 Å². The van der Waals surface area contributed by atoms with Crippen molar-refractivity contribution in [2.45, 2.75) is 0 Å². The fourth-order valence-electron chi connectivity index (χ4n) is 0.763. The summed E-state index contributed by atoms with van der Waals surface area (Å²) in [5.41, 5.74) is -0.0717. The van der Waals surface area contributed by atoms with Crippen LogP contribution in [0.4, 0.5) is 5.69 Å². The normalized spacial score (nSPS) is 9.31. The molecule has 4 nitrogen and oxygen atoms in total. The van der Waals surface area contributed by atoms with Crippen LogP contribution in [-0.4, -0.2) is 4.92 Å². The number of nitro groups is 1. The molecular formula is C7H2BrClN2O2. The number of halogens is 2. The van der Waals surface area contributed by atoms with E-state index in [-0.39, 0.29) is 20.7 Å². The van der Waals surface area contributed by atoms with E-state index < -0.39 is 4.92 Å². The highest BCUT2D eigenvalue weighted by molar-refractivity contribution is 9.10. The summed E-state index contributed by atoms with van der Waals surface area (Å²) in [5, 5.41) is 19.2. The summed E-state index contributed by atoms with van der Waals surface area (Å²) in [6, 6.07) is 4.22. The standard InChI is InChI=1S/C7H2BrClN2O2/c8-5-2-6(9)4(3-10)1-7(5)11(12)13/h1-2H. The summed E-state index contributed by atoms with van der Waals surface area (Å²) in [5.74, 6) is 0. The molecule has 0 aliphatic carbocycles. The van der Waals surface area contributed by atoms with Gasteiger partial charge in [-0.05, 0) is 22.0 Å². The van der Waals surface area contributed by atoms with Crippen LogP contribution in [0.25, 0.3) is 0 Å². The highest BCUT2D eigenvalue weighted by Crippen LogP contribution is 2.30. The summed E-state index contributed by atoms with van der Waals surface area (Å²) in [7, 11) is 0. The third kappa shape index (κ3) is 1.97. The first kappa shape index (κ1) is 9.96. The Bertz CT molecular complexity index is 414. The average Bonchev–Trinajstić information content (AvgIpc) is 2.03. The third-order valence-electron chi connectivity index (χ3n) is 1.35.